The van der Waals surface area contributed by atoms with Crippen molar-refractivity contribution in [3.05, 3.63) is 54.6 Å². The highest BCUT2D eigenvalue weighted by atomic mass is 28.3. The molecule has 128 valence electrons. The van der Waals surface area contributed by atoms with E-state index in [9.17, 15) is 0 Å². The van der Waals surface area contributed by atoms with Crippen molar-refractivity contribution < 1.29 is 0 Å². The van der Waals surface area contributed by atoms with Gasteiger partial charge < -0.3 is 0 Å². The Bertz CT molecular complexity index is 689. The van der Waals surface area contributed by atoms with Crippen LogP contribution in [-0.2, 0) is 0 Å². The van der Waals surface area contributed by atoms with Crippen molar-refractivity contribution in [2.24, 2.45) is 5.41 Å². The summed E-state index contributed by atoms with van der Waals surface area (Å²) in [6.45, 7) is 10.6. The number of hydrogen-bond acceptors (Lipinski definition) is 0. The second kappa shape index (κ2) is 5.31. The van der Waals surface area contributed by atoms with E-state index in [1.165, 1.54) is 24.9 Å². The van der Waals surface area contributed by atoms with Gasteiger partial charge >= 0.3 is 0 Å². The van der Waals surface area contributed by atoms with Crippen molar-refractivity contribution in [3.8, 4) is 0 Å². The lowest BCUT2D eigenvalue weighted by molar-refractivity contribution is 0.231. The summed E-state index contributed by atoms with van der Waals surface area (Å²) in [5.74, 6) is 0. The van der Waals surface area contributed by atoms with E-state index in [0.29, 0.717) is 10.5 Å². The van der Waals surface area contributed by atoms with Crippen LogP contribution in [0, 0.1) is 5.41 Å². The smallest absolute Gasteiger partial charge is 0.0832 e. The van der Waals surface area contributed by atoms with Crippen molar-refractivity contribution in [3.63, 3.8) is 0 Å². The molecule has 0 amide bonds. The van der Waals surface area contributed by atoms with Crippen LogP contribution in [0.25, 0.3) is 0 Å². The largest absolute Gasteiger partial charge is 0.0910 e. The lowest BCUT2D eigenvalue weighted by Crippen LogP contribution is -2.70. The quantitative estimate of drug-likeness (QED) is 0.534. The molecule has 0 saturated carbocycles. The van der Waals surface area contributed by atoms with Gasteiger partial charge in [-0.3, -0.25) is 0 Å². The zero-order chi connectivity index (χ0) is 17.1. The molecule has 0 N–H and O–H groups in total. The van der Waals surface area contributed by atoms with Crippen LogP contribution in [-0.4, -0.2) is 16.1 Å². The lowest BCUT2D eigenvalue weighted by atomic mass is 9.73. The molecule has 4 rings (SSSR count). The fourth-order valence-electron chi connectivity index (χ4n) is 7.16. The second-order valence-corrected chi connectivity index (χ2v) is 19.0. The van der Waals surface area contributed by atoms with E-state index in [0.717, 1.165) is 5.54 Å². The fourth-order valence-corrected chi connectivity index (χ4v) is 21.0. The standard InChI is InChI=1S/C22H32Si2/c1-21(2)18-23(3)16-10-11-17-24(4,19-12-6-5-7-13-19)20-14-8-9-15-22(20,21)23/h5-9,12-15,20H,10-11,16-18H2,1-4H3/t20-,22?,23-,24+/m0/s1. The molecule has 0 radical (unpaired) electrons. The molecule has 2 saturated heterocycles. The first-order valence-corrected chi connectivity index (χ1v) is 15.5. The molecule has 1 aromatic rings. The molecular weight excluding hydrogens is 320 g/mol. The van der Waals surface area contributed by atoms with Gasteiger partial charge in [-0.05, 0) is 16.0 Å². The van der Waals surface area contributed by atoms with Crippen LogP contribution in [0.3, 0.4) is 0 Å². The molecule has 2 heterocycles. The molecule has 1 aromatic carbocycles. The third-order valence-corrected chi connectivity index (χ3v) is 19.6. The Hall–Kier alpha value is -0.866. The van der Waals surface area contributed by atoms with E-state index in [1.807, 2.05) is 0 Å². The predicted octanol–water partition coefficient (Wildman–Crippen LogP) is 6.12. The Morgan fingerprint density at radius 3 is 2.38 bits per heavy atom. The van der Waals surface area contributed by atoms with Gasteiger partial charge in [0.1, 0.15) is 0 Å². The fraction of sp³-hybridized carbons (Fsp3) is 0.545. The number of allylic oxidation sites excluding steroid dienone is 4. The minimum atomic E-state index is -1.56. The van der Waals surface area contributed by atoms with Gasteiger partial charge in [0, 0.05) is 0 Å². The highest BCUT2D eigenvalue weighted by Gasteiger charge is 2.71. The topological polar surface area (TPSA) is 0 Å². The Balaban J connectivity index is 1.91. The summed E-state index contributed by atoms with van der Waals surface area (Å²) < 4.78 is 0. The summed E-state index contributed by atoms with van der Waals surface area (Å²) >= 11 is 0. The van der Waals surface area contributed by atoms with Crippen LogP contribution < -0.4 is 5.19 Å². The van der Waals surface area contributed by atoms with E-state index in [4.69, 9.17) is 0 Å². The molecule has 2 aliphatic heterocycles. The number of hydrogen-bond donors (Lipinski definition) is 0. The van der Waals surface area contributed by atoms with Crippen molar-refractivity contribution in [2.75, 3.05) is 0 Å². The minimum Gasteiger partial charge on any atom is -0.0832 e. The van der Waals surface area contributed by atoms with Crippen LogP contribution in [0.5, 0.6) is 0 Å². The maximum atomic E-state index is 2.74. The maximum absolute atomic E-state index is 2.74. The Morgan fingerprint density at radius 1 is 0.958 bits per heavy atom. The second-order valence-electron chi connectivity index (χ2n) is 9.70. The highest BCUT2D eigenvalue weighted by Crippen LogP contribution is 2.78. The summed E-state index contributed by atoms with van der Waals surface area (Å²) in [5, 5.41) is 2.18. The van der Waals surface area contributed by atoms with E-state index in [-0.39, 0.29) is 0 Å². The summed E-state index contributed by atoms with van der Waals surface area (Å²) in [5.41, 5.74) is 1.26. The molecular formula is C22H32Si2. The van der Waals surface area contributed by atoms with E-state index >= 15 is 0 Å². The SMILES string of the molecule is CC1(C)C[Si@]2(C)CCCC[Si@](C)(c3ccccc3)[C@H]3C=CC=CC312. The van der Waals surface area contributed by atoms with Crippen LogP contribution in [0.1, 0.15) is 26.7 Å². The Kier molecular flexibility index (Phi) is 3.67. The monoisotopic (exact) mass is 352 g/mol. The molecule has 2 heteroatoms. The molecule has 4 atom stereocenters. The van der Waals surface area contributed by atoms with Gasteiger partial charge in [0.15, 0.2) is 0 Å². The van der Waals surface area contributed by atoms with Gasteiger partial charge in [-0.25, -0.2) is 0 Å². The molecule has 0 bridgehead atoms. The lowest BCUT2D eigenvalue weighted by Gasteiger charge is -2.72. The van der Waals surface area contributed by atoms with Crippen molar-refractivity contribution in [1.82, 2.24) is 0 Å². The van der Waals surface area contributed by atoms with Gasteiger partial charge in [0.25, 0.3) is 0 Å². The summed E-state index contributed by atoms with van der Waals surface area (Å²) in [6, 6.07) is 16.1. The molecule has 2 fully saturated rings. The average molecular weight is 353 g/mol. The third kappa shape index (κ3) is 1.96. The summed E-state index contributed by atoms with van der Waals surface area (Å²) in [7, 11) is -2.80. The summed E-state index contributed by atoms with van der Waals surface area (Å²) in [4.78, 5) is 0. The normalized spacial score (nSPS) is 43.1. The van der Waals surface area contributed by atoms with Crippen LogP contribution in [0.4, 0.5) is 0 Å². The van der Waals surface area contributed by atoms with Crippen molar-refractivity contribution in [2.45, 2.75) is 68.5 Å². The van der Waals surface area contributed by atoms with Crippen molar-refractivity contribution in [1.29, 1.82) is 0 Å². The van der Waals surface area contributed by atoms with Gasteiger partial charge in [0.05, 0.1) is 16.1 Å². The minimum absolute atomic E-state index is 0.472. The maximum Gasteiger partial charge on any atom is 0.0910 e. The molecule has 1 unspecified atom stereocenters. The molecule has 0 aromatic heterocycles. The van der Waals surface area contributed by atoms with Gasteiger partial charge in [0.2, 0.25) is 0 Å². The van der Waals surface area contributed by atoms with E-state index in [2.05, 4.69) is 81.6 Å². The first-order chi connectivity index (χ1) is 11.4. The summed E-state index contributed by atoms with van der Waals surface area (Å²) in [6.07, 6.45) is 13.0. The van der Waals surface area contributed by atoms with Gasteiger partial charge in [-0.1, -0.05) is 118 Å². The zero-order valence-corrected chi connectivity index (χ0v) is 17.8. The predicted molar refractivity (Wildman–Crippen MR) is 111 cm³/mol. The van der Waals surface area contributed by atoms with E-state index in [1.54, 1.807) is 11.2 Å². The van der Waals surface area contributed by atoms with Crippen LogP contribution in [0.15, 0.2) is 54.6 Å². The van der Waals surface area contributed by atoms with Gasteiger partial charge in [-0.2, -0.15) is 0 Å². The molecule has 0 nitrogen and oxygen atoms in total. The first kappa shape index (κ1) is 16.6. The Labute approximate surface area is 150 Å². The Morgan fingerprint density at radius 2 is 1.67 bits per heavy atom. The number of benzene rings is 1. The van der Waals surface area contributed by atoms with Gasteiger partial charge in [-0.15, -0.1) is 0 Å². The number of rotatable bonds is 1. The van der Waals surface area contributed by atoms with Crippen molar-refractivity contribution >= 4 is 21.3 Å². The molecule has 24 heavy (non-hydrogen) atoms. The molecule has 3 aliphatic rings. The zero-order valence-electron chi connectivity index (χ0n) is 15.8. The molecule has 1 spiro atoms. The van der Waals surface area contributed by atoms with Crippen LogP contribution in [0.2, 0.25) is 41.8 Å². The molecule has 1 aliphatic carbocycles. The first-order valence-electron chi connectivity index (χ1n) is 9.77. The van der Waals surface area contributed by atoms with E-state index < -0.39 is 16.1 Å². The van der Waals surface area contributed by atoms with Crippen LogP contribution >= 0.6 is 0 Å². The average Bonchev–Trinajstić information content (AvgIpc) is 2.58. The highest BCUT2D eigenvalue weighted by molar-refractivity contribution is 6.96. The third-order valence-electron chi connectivity index (χ3n) is 8.01.